The molecule has 0 aromatic carbocycles. The number of rotatable bonds is 1. The Balaban J connectivity index is 2.94. The molecule has 1 unspecified atom stereocenters. The molecule has 0 aromatic rings. The highest BCUT2D eigenvalue weighted by Gasteiger charge is 2.31. The number of hydrogen-bond donors (Lipinski definition) is 0. The van der Waals surface area contributed by atoms with Crippen LogP contribution in [0.1, 0.15) is 0 Å². The molecule has 0 aromatic heterocycles. The van der Waals surface area contributed by atoms with Gasteiger partial charge in [0.15, 0.2) is 5.54 Å². The Morgan fingerprint density at radius 3 is 2.58 bits per heavy atom. The van der Waals surface area contributed by atoms with Crippen molar-refractivity contribution in [1.82, 2.24) is 9.34 Å². The molecule has 0 spiro atoms. The Morgan fingerprint density at radius 1 is 1.75 bits per heavy atom. The van der Waals surface area contributed by atoms with Gasteiger partial charge in [0.2, 0.25) is 0 Å². The van der Waals surface area contributed by atoms with Gasteiger partial charge in [-0.15, -0.1) is 6.42 Å². The van der Waals surface area contributed by atoms with Crippen LogP contribution in [0.4, 0.5) is 0 Å². The topological polar surface area (TPSA) is 6.48 Å². The van der Waals surface area contributed by atoms with Gasteiger partial charge in [-0.2, -0.15) is 0 Å². The number of allylic oxidation sites excluding steroid dienone is 1. The molecule has 0 saturated carbocycles. The maximum Gasteiger partial charge on any atom is 0.160 e. The minimum atomic E-state index is -1.62. The van der Waals surface area contributed by atoms with E-state index in [1.54, 1.807) is 11.4 Å². The summed E-state index contributed by atoms with van der Waals surface area (Å²) in [7, 11) is 5.96. The summed E-state index contributed by atoms with van der Waals surface area (Å²) < 4.78 is 4.11. The highest BCUT2D eigenvalue weighted by atomic mass is 32.9. The van der Waals surface area contributed by atoms with Gasteiger partial charge >= 0.3 is 0 Å². The average molecular weight is 218 g/mol. The lowest BCUT2D eigenvalue weighted by Crippen LogP contribution is -2.17. The van der Waals surface area contributed by atoms with Crippen LogP contribution in [0.2, 0.25) is 0 Å². The van der Waals surface area contributed by atoms with Crippen LogP contribution in [0.15, 0.2) is 11.1 Å². The van der Waals surface area contributed by atoms with Crippen molar-refractivity contribution in [3.63, 3.8) is 0 Å². The van der Waals surface area contributed by atoms with Crippen LogP contribution in [0.25, 0.3) is 0 Å². The maximum absolute atomic E-state index is 5.54. The van der Waals surface area contributed by atoms with Gasteiger partial charge in [-0.3, -0.25) is 4.67 Å². The molecule has 0 amide bonds. The SMILES string of the molecule is C#CC1=CSP(=S)(N(C)C)N1C. The molecule has 0 aliphatic carbocycles. The minimum absolute atomic E-state index is 0.900. The lowest BCUT2D eigenvalue weighted by atomic mass is 10.5. The summed E-state index contributed by atoms with van der Waals surface area (Å²) in [5.74, 6) is 2.62. The van der Waals surface area contributed by atoms with E-state index in [4.69, 9.17) is 18.2 Å². The van der Waals surface area contributed by atoms with Crippen molar-refractivity contribution in [3.05, 3.63) is 11.1 Å². The summed E-state index contributed by atoms with van der Waals surface area (Å²) in [6.45, 7) is 0. The van der Waals surface area contributed by atoms with E-state index < -0.39 is 5.54 Å². The van der Waals surface area contributed by atoms with Crippen molar-refractivity contribution in [2.75, 3.05) is 21.1 Å². The van der Waals surface area contributed by atoms with Crippen LogP contribution >= 0.6 is 16.9 Å². The van der Waals surface area contributed by atoms with Crippen LogP contribution in [0.5, 0.6) is 0 Å². The second-order valence-electron chi connectivity index (χ2n) is 2.61. The van der Waals surface area contributed by atoms with Crippen molar-refractivity contribution in [2.24, 2.45) is 0 Å². The van der Waals surface area contributed by atoms with E-state index in [9.17, 15) is 0 Å². The normalized spacial score (nSPS) is 28.9. The fourth-order valence-corrected chi connectivity index (χ4v) is 5.30. The molecule has 1 heterocycles. The third-order valence-electron chi connectivity index (χ3n) is 1.68. The molecule has 5 heteroatoms. The van der Waals surface area contributed by atoms with Gasteiger partial charge in [-0.25, -0.2) is 0 Å². The molecule has 0 N–H and O–H groups in total. The van der Waals surface area contributed by atoms with E-state index in [0.29, 0.717) is 0 Å². The molecule has 0 saturated heterocycles. The monoisotopic (exact) mass is 218 g/mol. The minimum Gasteiger partial charge on any atom is -0.320 e. The Kier molecular flexibility index (Phi) is 2.90. The summed E-state index contributed by atoms with van der Waals surface area (Å²) >= 11 is 7.20. The number of hydrogen-bond acceptors (Lipinski definition) is 2. The molecule has 1 aliphatic heterocycles. The van der Waals surface area contributed by atoms with Crippen LogP contribution in [0, 0.1) is 12.3 Å². The molecule has 66 valence electrons. The summed E-state index contributed by atoms with van der Waals surface area (Å²) in [6.07, 6.45) is 5.33. The largest absolute Gasteiger partial charge is 0.320 e. The van der Waals surface area contributed by atoms with Gasteiger partial charge in [-0.1, -0.05) is 17.3 Å². The molecule has 1 rings (SSSR count). The first kappa shape index (κ1) is 10.1. The molecule has 2 nitrogen and oxygen atoms in total. The Labute approximate surface area is 82.9 Å². The van der Waals surface area contributed by atoms with Crippen molar-refractivity contribution in [1.29, 1.82) is 0 Å². The van der Waals surface area contributed by atoms with Gasteiger partial charge in [0.25, 0.3) is 0 Å². The van der Waals surface area contributed by atoms with E-state index in [1.807, 2.05) is 31.2 Å². The molecule has 1 aliphatic rings. The van der Waals surface area contributed by atoms with Crippen molar-refractivity contribution in [2.45, 2.75) is 0 Å². The third kappa shape index (κ3) is 1.43. The van der Waals surface area contributed by atoms with E-state index in [1.165, 1.54) is 0 Å². The van der Waals surface area contributed by atoms with Gasteiger partial charge in [0.05, 0.1) is 5.70 Å². The predicted octanol–water partition coefficient (Wildman–Crippen LogP) is 1.93. The van der Waals surface area contributed by atoms with Crippen molar-refractivity contribution < 1.29 is 0 Å². The second kappa shape index (κ2) is 3.43. The van der Waals surface area contributed by atoms with Crippen LogP contribution in [-0.4, -0.2) is 30.5 Å². The molecule has 12 heavy (non-hydrogen) atoms. The lowest BCUT2D eigenvalue weighted by Gasteiger charge is -2.31. The first-order valence-corrected chi connectivity index (χ1v) is 7.59. The molecular weight excluding hydrogens is 207 g/mol. The molecule has 0 radical (unpaired) electrons. The summed E-state index contributed by atoms with van der Waals surface area (Å²) in [4.78, 5) is 0. The zero-order chi connectivity index (χ0) is 9.35. The van der Waals surface area contributed by atoms with Gasteiger partial charge in [-0.05, 0) is 25.9 Å². The van der Waals surface area contributed by atoms with Crippen LogP contribution in [0.3, 0.4) is 0 Å². The standard InChI is InChI=1S/C7H11N2PS2/c1-5-7-6-12-10(11,8(2)3)9(7)4/h1,6H,2-4H3. The molecular formula is C7H11N2PS2. The lowest BCUT2D eigenvalue weighted by molar-refractivity contribution is 0.607. The smallest absolute Gasteiger partial charge is 0.160 e. The number of nitrogens with zero attached hydrogens (tertiary/aromatic N) is 2. The Bertz CT molecular complexity index is 303. The fourth-order valence-electron chi connectivity index (χ4n) is 0.892. The van der Waals surface area contributed by atoms with Crippen LogP contribution < -0.4 is 0 Å². The second-order valence-corrected chi connectivity index (χ2v) is 9.82. The highest BCUT2D eigenvalue weighted by Crippen LogP contribution is 2.68. The third-order valence-corrected chi connectivity index (χ3v) is 9.61. The average Bonchev–Trinajstić information content (AvgIpc) is 2.31. The molecule has 1 atom stereocenters. The Morgan fingerprint density at radius 2 is 2.33 bits per heavy atom. The molecule has 0 fully saturated rings. The van der Waals surface area contributed by atoms with Gasteiger partial charge in [0, 0.05) is 12.5 Å². The van der Waals surface area contributed by atoms with Gasteiger partial charge in [0.1, 0.15) is 0 Å². The van der Waals surface area contributed by atoms with Crippen LogP contribution in [-0.2, 0) is 11.8 Å². The van der Waals surface area contributed by atoms with E-state index in [2.05, 4.69) is 10.6 Å². The van der Waals surface area contributed by atoms with Crippen molar-refractivity contribution in [3.8, 4) is 12.3 Å². The van der Waals surface area contributed by atoms with E-state index in [-0.39, 0.29) is 0 Å². The summed E-state index contributed by atoms with van der Waals surface area (Å²) in [5, 5.41) is 1.97. The summed E-state index contributed by atoms with van der Waals surface area (Å²) in [5.41, 5.74) is -0.724. The first-order chi connectivity index (χ1) is 5.52. The fraction of sp³-hybridized carbons (Fsp3) is 0.429. The zero-order valence-electron chi connectivity index (χ0n) is 7.31. The van der Waals surface area contributed by atoms with E-state index >= 15 is 0 Å². The summed E-state index contributed by atoms with van der Waals surface area (Å²) in [6, 6.07) is 0. The highest BCUT2D eigenvalue weighted by molar-refractivity contribution is 8.70. The van der Waals surface area contributed by atoms with E-state index in [0.717, 1.165) is 5.70 Å². The molecule has 0 bridgehead atoms. The maximum atomic E-state index is 5.54. The predicted molar refractivity (Wildman–Crippen MR) is 60.2 cm³/mol. The Hall–Kier alpha value is 0.0600. The zero-order valence-corrected chi connectivity index (χ0v) is 9.84. The number of terminal acetylenes is 1. The van der Waals surface area contributed by atoms with Crippen molar-refractivity contribution >= 4 is 28.7 Å². The quantitative estimate of drug-likeness (QED) is 0.490. The first-order valence-electron chi connectivity index (χ1n) is 3.39. The van der Waals surface area contributed by atoms with Gasteiger partial charge < -0.3 is 4.67 Å².